The molecule has 39 heavy (non-hydrogen) atoms. The summed E-state index contributed by atoms with van der Waals surface area (Å²) >= 11 is 0. The Balaban J connectivity index is 1.49. The number of aliphatic hydroxyl groups is 1. The summed E-state index contributed by atoms with van der Waals surface area (Å²) in [4.78, 5) is 11.6. The van der Waals surface area contributed by atoms with Crippen molar-refractivity contribution >= 4 is 5.97 Å². The molecule has 4 rings (SSSR count). The van der Waals surface area contributed by atoms with Crippen LogP contribution in [0.1, 0.15) is 75.3 Å². The molecule has 3 aromatic carbocycles. The van der Waals surface area contributed by atoms with Gasteiger partial charge in [-0.1, -0.05) is 86.5 Å². The monoisotopic (exact) mass is 526 g/mol. The summed E-state index contributed by atoms with van der Waals surface area (Å²) in [6.07, 6.45) is 9.80. The Hall–Kier alpha value is -3.37. The van der Waals surface area contributed by atoms with Crippen LogP contribution in [0.25, 0.3) is 22.3 Å². The molecule has 0 unspecified atom stereocenters. The van der Waals surface area contributed by atoms with Crippen molar-refractivity contribution in [2.75, 3.05) is 19.8 Å². The van der Waals surface area contributed by atoms with Gasteiger partial charge in [0.15, 0.2) is 0 Å². The van der Waals surface area contributed by atoms with Crippen molar-refractivity contribution in [1.29, 1.82) is 0 Å². The third kappa shape index (κ3) is 8.31. The second-order valence-electron chi connectivity index (χ2n) is 10.7. The fourth-order valence-electron chi connectivity index (χ4n) is 5.25. The van der Waals surface area contributed by atoms with E-state index in [0.717, 1.165) is 48.1 Å². The van der Waals surface area contributed by atoms with E-state index < -0.39 is 0 Å². The Bertz CT molecular complexity index is 1200. The highest BCUT2D eigenvalue weighted by molar-refractivity contribution is 5.86. The summed E-state index contributed by atoms with van der Waals surface area (Å²) in [6, 6.07) is 24.1. The maximum Gasteiger partial charge on any atom is 0.333 e. The van der Waals surface area contributed by atoms with Crippen LogP contribution in [0.2, 0.25) is 0 Å². The van der Waals surface area contributed by atoms with E-state index in [1.807, 2.05) is 0 Å². The molecule has 1 aliphatic rings. The molecule has 1 fully saturated rings. The summed E-state index contributed by atoms with van der Waals surface area (Å²) < 4.78 is 11.5. The Kier molecular flexibility index (Phi) is 10.8. The first kappa shape index (κ1) is 28.6. The predicted octanol–water partition coefficient (Wildman–Crippen LogP) is 8.27. The first-order valence-electron chi connectivity index (χ1n) is 14.4. The van der Waals surface area contributed by atoms with E-state index in [4.69, 9.17) is 14.6 Å². The molecule has 1 saturated carbocycles. The molecular formula is C35H42O4. The smallest absolute Gasteiger partial charge is 0.333 e. The molecule has 4 nitrogen and oxygen atoms in total. The zero-order valence-corrected chi connectivity index (χ0v) is 23.3. The van der Waals surface area contributed by atoms with Gasteiger partial charge in [0.25, 0.3) is 0 Å². The lowest BCUT2D eigenvalue weighted by molar-refractivity contribution is -0.139. The number of carbonyl (C=O) groups is 1. The Morgan fingerprint density at radius 1 is 0.846 bits per heavy atom. The average molecular weight is 527 g/mol. The molecule has 0 bridgehead atoms. The van der Waals surface area contributed by atoms with E-state index in [0.29, 0.717) is 24.7 Å². The van der Waals surface area contributed by atoms with Crippen LogP contribution >= 0.6 is 0 Å². The van der Waals surface area contributed by atoms with Crippen molar-refractivity contribution in [2.24, 2.45) is 0 Å². The molecule has 0 aromatic heterocycles. The SMILES string of the molecule is C=C(C)C(=O)OCCCCOc1cc(-c2ccc(C3CCCCC3)cc2)ccc1-c1ccc(CCCO)cc1. The van der Waals surface area contributed by atoms with Crippen LogP contribution in [0.5, 0.6) is 5.75 Å². The van der Waals surface area contributed by atoms with Crippen molar-refractivity contribution in [3.05, 3.63) is 90.0 Å². The highest BCUT2D eigenvalue weighted by atomic mass is 16.5. The molecule has 0 amide bonds. The highest BCUT2D eigenvalue weighted by Crippen LogP contribution is 2.37. The van der Waals surface area contributed by atoms with Crippen LogP contribution < -0.4 is 4.74 Å². The van der Waals surface area contributed by atoms with Crippen LogP contribution in [0.15, 0.2) is 78.9 Å². The first-order valence-corrected chi connectivity index (χ1v) is 14.4. The molecule has 0 heterocycles. The predicted molar refractivity (Wildman–Crippen MR) is 159 cm³/mol. The van der Waals surface area contributed by atoms with Gasteiger partial charge in [-0.15, -0.1) is 0 Å². The van der Waals surface area contributed by atoms with Crippen molar-refractivity contribution in [3.8, 4) is 28.0 Å². The van der Waals surface area contributed by atoms with Crippen LogP contribution in [-0.2, 0) is 16.0 Å². The van der Waals surface area contributed by atoms with E-state index >= 15 is 0 Å². The third-order valence-corrected chi connectivity index (χ3v) is 7.57. The van der Waals surface area contributed by atoms with Gasteiger partial charge >= 0.3 is 5.97 Å². The summed E-state index contributed by atoms with van der Waals surface area (Å²) in [5.74, 6) is 1.21. The van der Waals surface area contributed by atoms with E-state index in [-0.39, 0.29) is 12.6 Å². The summed E-state index contributed by atoms with van der Waals surface area (Å²) in [6.45, 7) is 6.38. The Morgan fingerprint density at radius 3 is 2.21 bits per heavy atom. The van der Waals surface area contributed by atoms with Crippen molar-refractivity contribution < 1.29 is 19.4 Å². The lowest BCUT2D eigenvalue weighted by Gasteiger charge is -2.22. The first-order chi connectivity index (χ1) is 19.0. The maximum absolute atomic E-state index is 11.6. The highest BCUT2D eigenvalue weighted by Gasteiger charge is 2.16. The van der Waals surface area contributed by atoms with Gasteiger partial charge in [-0.05, 0) is 85.3 Å². The molecule has 0 radical (unpaired) electrons. The molecule has 4 heteroatoms. The zero-order chi connectivity index (χ0) is 27.5. The molecule has 1 aliphatic carbocycles. The van der Waals surface area contributed by atoms with Crippen LogP contribution in [0.4, 0.5) is 0 Å². The minimum atomic E-state index is -0.345. The number of unbranched alkanes of at least 4 members (excludes halogenated alkanes) is 1. The number of ether oxygens (including phenoxy) is 2. The molecule has 206 valence electrons. The van der Waals surface area contributed by atoms with Gasteiger partial charge in [0.1, 0.15) is 5.75 Å². The lowest BCUT2D eigenvalue weighted by Crippen LogP contribution is -2.07. The van der Waals surface area contributed by atoms with Gasteiger partial charge in [0.05, 0.1) is 13.2 Å². The molecule has 1 N–H and O–H groups in total. The second kappa shape index (κ2) is 14.7. The maximum atomic E-state index is 11.6. The summed E-state index contributed by atoms with van der Waals surface area (Å²) in [7, 11) is 0. The molecule has 0 spiro atoms. The van der Waals surface area contributed by atoms with Gasteiger partial charge in [-0.3, -0.25) is 0 Å². The zero-order valence-electron chi connectivity index (χ0n) is 23.3. The Morgan fingerprint density at radius 2 is 1.51 bits per heavy atom. The number of rotatable bonds is 13. The fourth-order valence-corrected chi connectivity index (χ4v) is 5.25. The van der Waals surface area contributed by atoms with E-state index in [1.165, 1.54) is 48.8 Å². The third-order valence-electron chi connectivity index (χ3n) is 7.57. The lowest BCUT2D eigenvalue weighted by atomic mass is 9.83. The van der Waals surface area contributed by atoms with Gasteiger partial charge in [0, 0.05) is 17.7 Å². The molecule has 0 saturated heterocycles. The van der Waals surface area contributed by atoms with Gasteiger partial charge in [-0.2, -0.15) is 0 Å². The molecular weight excluding hydrogens is 484 g/mol. The van der Waals surface area contributed by atoms with Gasteiger partial charge < -0.3 is 14.6 Å². The number of aryl methyl sites for hydroxylation is 1. The minimum Gasteiger partial charge on any atom is -0.493 e. The van der Waals surface area contributed by atoms with Crippen LogP contribution in [0, 0.1) is 0 Å². The molecule has 0 aliphatic heterocycles. The summed E-state index contributed by atoms with van der Waals surface area (Å²) in [5, 5.41) is 9.14. The molecule has 0 atom stereocenters. The minimum absolute atomic E-state index is 0.204. The van der Waals surface area contributed by atoms with Crippen LogP contribution in [0.3, 0.4) is 0 Å². The second-order valence-corrected chi connectivity index (χ2v) is 10.7. The van der Waals surface area contributed by atoms with Gasteiger partial charge in [0.2, 0.25) is 0 Å². The topological polar surface area (TPSA) is 55.8 Å². The van der Waals surface area contributed by atoms with E-state index in [2.05, 4.69) is 73.3 Å². The van der Waals surface area contributed by atoms with Crippen molar-refractivity contribution in [1.82, 2.24) is 0 Å². The number of hydrogen-bond acceptors (Lipinski definition) is 4. The Labute approximate surface area is 233 Å². The van der Waals surface area contributed by atoms with Crippen molar-refractivity contribution in [3.63, 3.8) is 0 Å². The largest absolute Gasteiger partial charge is 0.493 e. The number of esters is 1. The van der Waals surface area contributed by atoms with E-state index in [1.54, 1.807) is 6.92 Å². The van der Waals surface area contributed by atoms with Crippen LogP contribution in [-0.4, -0.2) is 30.9 Å². The number of benzene rings is 3. The average Bonchev–Trinajstić information content (AvgIpc) is 2.98. The van der Waals surface area contributed by atoms with Gasteiger partial charge in [-0.25, -0.2) is 4.79 Å². The normalized spacial score (nSPS) is 13.7. The van der Waals surface area contributed by atoms with E-state index in [9.17, 15) is 4.79 Å². The molecule has 3 aromatic rings. The number of hydrogen-bond donors (Lipinski definition) is 1. The standard InChI is InChI=1S/C35H42O4/c1-26(2)35(37)39-24-7-6-23-38-34-25-32(30-18-16-29(17-19-30)28-10-4-3-5-11-28)20-21-33(34)31-14-12-27(13-15-31)9-8-22-36/h12-21,25,28,36H,1,3-11,22-24H2,2H3. The number of carbonyl (C=O) groups excluding carboxylic acids is 1. The van der Waals surface area contributed by atoms with Crippen molar-refractivity contribution in [2.45, 2.75) is 70.6 Å². The fraction of sp³-hybridized carbons (Fsp3) is 0.400. The summed E-state index contributed by atoms with van der Waals surface area (Å²) in [5.41, 5.74) is 7.58. The number of aliphatic hydroxyl groups excluding tert-OH is 1. The quantitative estimate of drug-likeness (QED) is 0.138.